The van der Waals surface area contributed by atoms with Crippen molar-refractivity contribution in [1.82, 2.24) is 14.9 Å². The Morgan fingerprint density at radius 2 is 2.14 bits per heavy atom. The van der Waals surface area contributed by atoms with Crippen molar-refractivity contribution in [2.45, 2.75) is 76.4 Å². The Bertz CT molecular complexity index is 947. The van der Waals surface area contributed by atoms with Gasteiger partial charge < -0.3 is 5.32 Å². The van der Waals surface area contributed by atoms with Crippen LogP contribution in [0.15, 0.2) is 22.6 Å². The van der Waals surface area contributed by atoms with Crippen LogP contribution in [-0.2, 0) is 11.3 Å². The number of rotatable bonds is 6. The Labute approximate surface area is 174 Å². The zero-order chi connectivity index (χ0) is 20.4. The van der Waals surface area contributed by atoms with Crippen molar-refractivity contribution >= 4 is 39.2 Å². The lowest BCUT2D eigenvalue weighted by atomic mass is 9.86. The fraction of sp³-hybridized carbons (Fsp3) is 0.571. The van der Waals surface area contributed by atoms with E-state index < -0.39 is 0 Å². The van der Waals surface area contributed by atoms with Gasteiger partial charge in [0.1, 0.15) is 4.83 Å². The summed E-state index contributed by atoms with van der Waals surface area (Å²) in [6, 6.07) is 0.248. The highest BCUT2D eigenvalue weighted by Crippen LogP contribution is 2.30. The number of nitrogens with one attached hydrogen (secondary N) is 1. The minimum atomic E-state index is -0.323. The van der Waals surface area contributed by atoms with E-state index in [1.165, 1.54) is 42.4 Å². The molecule has 2 aromatic heterocycles. The molecule has 0 bridgehead atoms. The highest BCUT2D eigenvalue weighted by Gasteiger charge is 2.26. The molecule has 2 aromatic rings. The maximum absolute atomic E-state index is 13.1. The quantitative estimate of drug-likeness (QED) is 0.427. The third-order valence-corrected chi connectivity index (χ3v) is 7.85. The lowest BCUT2D eigenvalue weighted by molar-refractivity contribution is -0.121. The van der Waals surface area contributed by atoms with Crippen LogP contribution < -0.4 is 10.9 Å². The summed E-state index contributed by atoms with van der Waals surface area (Å²) in [6.07, 6.45) is 6.33. The second kappa shape index (κ2) is 8.82. The van der Waals surface area contributed by atoms with Crippen molar-refractivity contribution in [1.29, 1.82) is 0 Å². The normalized spacial score (nSPS) is 20.9. The molecule has 28 heavy (non-hydrogen) atoms. The van der Waals surface area contributed by atoms with Crippen LogP contribution in [0.3, 0.4) is 0 Å². The molecular weight excluding hydrogens is 390 g/mol. The first kappa shape index (κ1) is 21.1. The summed E-state index contributed by atoms with van der Waals surface area (Å²) in [6.45, 7) is 12.2. The molecule has 3 rings (SSSR count). The van der Waals surface area contributed by atoms with E-state index >= 15 is 0 Å². The molecule has 0 unspecified atom stereocenters. The van der Waals surface area contributed by atoms with E-state index in [1.54, 1.807) is 10.6 Å². The van der Waals surface area contributed by atoms with Gasteiger partial charge in [-0.1, -0.05) is 37.6 Å². The molecule has 3 atom stereocenters. The third-order valence-electron chi connectivity index (χ3n) is 5.66. The Morgan fingerprint density at radius 3 is 2.82 bits per heavy atom. The van der Waals surface area contributed by atoms with E-state index in [0.717, 1.165) is 21.7 Å². The smallest absolute Gasteiger partial charge is 0.263 e. The van der Waals surface area contributed by atoms with Crippen LogP contribution in [0.5, 0.6) is 0 Å². The average molecular weight is 420 g/mol. The maximum Gasteiger partial charge on any atom is 0.263 e. The molecule has 7 heteroatoms. The first-order chi connectivity index (χ1) is 13.3. The van der Waals surface area contributed by atoms with E-state index in [0.29, 0.717) is 23.0 Å². The number of aromatic nitrogens is 2. The maximum atomic E-state index is 13.1. The van der Waals surface area contributed by atoms with Gasteiger partial charge in [-0.3, -0.25) is 14.2 Å². The zero-order valence-corrected chi connectivity index (χ0v) is 18.7. The van der Waals surface area contributed by atoms with Crippen LogP contribution in [0.4, 0.5) is 0 Å². The average Bonchev–Trinajstić information content (AvgIpc) is 2.94. The SMILES string of the molecule is C=CCn1c(S[C@@H](C)C(=O)N[C@H]2CCCC[C@@H]2C)nc2sc(C)c(C)c2c1=O. The van der Waals surface area contributed by atoms with Gasteiger partial charge >= 0.3 is 0 Å². The largest absolute Gasteiger partial charge is 0.352 e. The zero-order valence-electron chi connectivity index (χ0n) is 17.1. The number of hydrogen-bond donors (Lipinski definition) is 1. The standard InChI is InChI=1S/C21H29N3O2S2/c1-6-11-24-20(26)17-13(3)14(4)27-19(17)23-21(24)28-15(5)18(25)22-16-10-8-7-9-12(16)2/h6,12,15-16H,1,7-11H2,2-5H3,(H,22,25)/t12-,15-,16-/m0/s1. The van der Waals surface area contributed by atoms with E-state index in [4.69, 9.17) is 4.98 Å². The molecule has 1 aliphatic rings. The van der Waals surface area contributed by atoms with Gasteiger partial charge in [-0.2, -0.15) is 0 Å². The van der Waals surface area contributed by atoms with E-state index in [9.17, 15) is 9.59 Å². The number of allylic oxidation sites excluding steroid dienone is 1. The van der Waals surface area contributed by atoms with Crippen molar-refractivity contribution in [3.05, 3.63) is 33.4 Å². The van der Waals surface area contributed by atoms with Crippen LogP contribution in [0.2, 0.25) is 0 Å². The number of hydrogen-bond acceptors (Lipinski definition) is 5. The second-order valence-corrected chi connectivity index (χ2v) is 10.2. The highest BCUT2D eigenvalue weighted by molar-refractivity contribution is 8.00. The summed E-state index contributed by atoms with van der Waals surface area (Å²) in [5.74, 6) is 0.530. The Kier molecular flexibility index (Phi) is 6.65. The van der Waals surface area contributed by atoms with Crippen molar-refractivity contribution in [2.75, 3.05) is 0 Å². The monoisotopic (exact) mass is 419 g/mol. The van der Waals surface area contributed by atoms with Gasteiger partial charge in [-0.05, 0) is 45.1 Å². The number of nitrogens with zero attached hydrogens (tertiary/aromatic N) is 2. The number of thiophene rings is 1. The molecule has 1 saturated carbocycles. The Hall–Kier alpha value is -1.60. The summed E-state index contributed by atoms with van der Waals surface area (Å²) in [5.41, 5.74) is 0.937. The third kappa shape index (κ3) is 4.20. The lowest BCUT2D eigenvalue weighted by Crippen LogP contribution is -2.44. The number of amides is 1. The van der Waals surface area contributed by atoms with Crippen molar-refractivity contribution in [3.8, 4) is 0 Å². The lowest BCUT2D eigenvalue weighted by Gasteiger charge is -2.30. The fourth-order valence-electron chi connectivity index (χ4n) is 3.73. The highest BCUT2D eigenvalue weighted by atomic mass is 32.2. The number of aryl methyl sites for hydroxylation is 2. The predicted molar refractivity (Wildman–Crippen MR) is 118 cm³/mol. The van der Waals surface area contributed by atoms with Crippen LogP contribution in [0, 0.1) is 19.8 Å². The molecule has 5 nitrogen and oxygen atoms in total. The van der Waals surface area contributed by atoms with Gasteiger partial charge in [-0.15, -0.1) is 17.9 Å². The second-order valence-electron chi connectivity index (χ2n) is 7.70. The molecule has 0 aliphatic heterocycles. The molecule has 0 aromatic carbocycles. The van der Waals surface area contributed by atoms with Crippen molar-refractivity contribution < 1.29 is 4.79 Å². The van der Waals surface area contributed by atoms with E-state index in [-0.39, 0.29) is 22.8 Å². The van der Waals surface area contributed by atoms with Crippen LogP contribution >= 0.6 is 23.1 Å². The summed E-state index contributed by atoms with van der Waals surface area (Å²) in [7, 11) is 0. The molecule has 1 fully saturated rings. The summed E-state index contributed by atoms with van der Waals surface area (Å²) >= 11 is 2.88. The first-order valence-corrected chi connectivity index (χ1v) is 11.6. The molecule has 1 aliphatic carbocycles. The van der Waals surface area contributed by atoms with Crippen LogP contribution in [0.1, 0.15) is 50.0 Å². The molecule has 1 amide bonds. The molecule has 0 spiro atoms. The molecule has 0 saturated heterocycles. The molecular formula is C21H29N3O2S2. The molecule has 1 N–H and O–H groups in total. The van der Waals surface area contributed by atoms with E-state index in [1.807, 2.05) is 20.8 Å². The first-order valence-electron chi connectivity index (χ1n) is 9.92. The summed E-state index contributed by atoms with van der Waals surface area (Å²) in [4.78, 5) is 32.4. The van der Waals surface area contributed by atoms with Gasteiger partial charge in [0, 0.05) is 17.5 Å². The minimum Gasteiger partial charge on any atom is -0.352 e. The topological polar surface area (TPSA) is 64.0 Å². The Balaban J connectivity index is 1.86. The van der Waals surface area contributed by atoms with Crippen molar-refractivity contribution in [3.63, 3.8) is 0 Å². The molecule has 2 heterocycles. The Morgan fingerprint density at radius 1 is 1.43 bits per heavy atom. The molecule has 152 valence electrons. The van der Waals surface area contributed by atoms with Gasteiger partial charge in [-0.25, -0.2) is 4.98 Å². The number of thioether (sulfide) groups is 1. The number of carbonyl (C=O) groups is 1. The summed E-state index contributed by atoms with van der Waals surface area (Å²) in [5, 5.41) is 4.15. The van der Waals surface area contributed by atoms with E-state index in [2.05, 4.69) is 18.8 Å². The molecule has 0 radical (unpaired) electrons. The van der Waals surface area contributed by atoms with Gasteiger partial charge in [0.2, 0.25) is 5.91 Å². The summed E-state index contributed by atoms with van der Waals surface area (Å²) < 4.78 is 1.63. The van der Waals surface area contributed by atoms with Gasteiger partial charge in [0.05, 0.1) is 10.6 Å². The van der Waals surface area contributed by atoms with Gasteiger partial charge in [0.25, 0.3) is 5.56 Å². The van der Waals surface area contributed by atoms with Crippen LogP contribution in [-0.4, -0.2) is 26.8 Å². The van der Waals surface area contributed by atoms with Crippen molar-refractivity contribution in [2.24, 2.45) is 5.92 Å². The van der Waals surface area contributed by atoms with Crippen LogP contribution in [0.25, 0.3) is 10.2 Å². The minimum absolute atomic E-state index is 0.0155. The van der Waals surface area contributed by atoms with Gasteiger partial charge in [0.15, 0.2) is 5.16 Å². The number of carbonyl (C=O) groups excluding carboxylic acids is 1. The number of fused-ring (bicyclic) bond motifs is 1. The fourth-order valence-corrected chi connectivity index (χ4v) is 5.73. The predicted octanol–water partition coefficient (Wildman–Crippen LogP) is 4.44.